The van der Waals surface area contributed by atoms with Crippen molar-refractivity contribution in [1.82, 2.24) is 0 Å². The average Bonchev–Trinajstić information content (AvgIpc) is 3.10. The van der Waals surface area contributed by atoms with Crippen molar-refractivity contribution in [3.8, 4) is 5.75 Å². The van der Waals surface area contributed by atoms with Crippen LogP contribution in [0.2, 0.25) is 0 Å². The van der Waals surface area contributed by atoms with Crippen molar-refractivity contribution in [2.75, 3.05) is 6.61 Å². The molecule has 0 spiro atoms. The van der Waals surface area contributed by atoms with Crippen LogP contribution in [0, 0.1) is 28.6 Å². The first-order valence-corrected chi connectivity index (χ1v) is 14.3. The number of alkyl halides is 1. The number of Topliss-reactive ketones (excluding diaryl/α,β-unsaturated/α-hetero) is 1. The second-order valence-corrected chi connectivity index (χ2v) is 13.0. The molecule has 5 aliphatic carbocycles. The Kier molecular flexibility index (Phi) is 5.87. The second-order valence-electron chi connectivity index (χ2n) is 13.0. The molecule has 0 saturated heterocycles. The van der Waals surface area contributed by atoms with E-state index in [2.05, 4.69) is 6.07 Å². The Labute approximate surface area is 224 Å². The zero-order valence-electron chi connectivity index (χ0n) is 22.6. The first-order valence-electron chi connectivity index (χ1n) is 14.3. The molecule has 6 rings (SSSR count). The fourth-order valence-corrected chi connectivity index (χ4v) is 9.28. The number of rotatable bonds is 4. The molecule has 0 amide bonds. The highest BCUT2D eigenvalue weighted by atomic mass is 19.1. The maximum absolute atomic E-state index is 17.3. The Morgan fingerprint density at radius 3 is 2.71 bits per heavy atom. The minimum Gasteiger partial charge on any atom is -0.485 e. The summed E-state index contributed by atoms with van der Waals surface area (Å²) in [7, 11) is 0. The van der Waals surface area contributed by atoms with Gasteiger partial charge in [-0.3, -0.25) is 9.59 Å². The van der Waals surface area contributed by atoms with Gasteiger partial charge in [0.15, 0.2) is 11.5 Å². The van der Waals surface area contributed by atoms with Crippen molar-refractivity contribution in [3.05, 3.63) is 53.1 Å². The van der Waals surface area contributed by atoms with Crippen molar-refractivity contribution < 1.29 is 28.9 Å². The SMILES string of the molecule is C[C@@H]1CC2C3CCC4=CC(=O)C=CC4(C)[C@@]3(F)[C@@H](O)CC2(C)[C@@]1(O)C(=O)COc1cccc2c1CCCC2. The summed E-state index contributed by atoms with van der Waals surface area (Å²) in [6.45, 7) is 5.26. The molecule has 0 radical (unpaired) electrons. The van der Waals surface area contributed by atoms with Gasteiger partial charge in [-0.15, -0.1) is 0 Å². The van der Waals surface area contributed by atoms with Gasteiger partial charge in [-0.25, -0.2) is 4.39 Å². The number of halogens is 1. The Balaban J connectivity index is 1.30. The third kappa shape index (κ3) is 3.22. The summed E-state index contributed by atoms with van der Waals surface area (Å²) >= 11 is 0. The van der Waals surface area contributed by atoms with E-state index in [1.807, 2.05) is 26.0 Å². The molecular weight excluding hydrogens is 483 g/mol. The van der Waals surface area contributed by atoms with Gasteiger partial charge in [-0.2, -0.15) is 0 Å². The number of hydrogen-bond donors (Lipinski definition) is 2. The number of benzene rings is 1. The van der Waals surface area contributed by atoms with Crippen LogP contribution >= 0.6 is 0 Å². The van der Waals surface area contributed by atoms with E-state index in [1.165, 1.54) is 17.7 Å². The van der Waals surface area contributed by atoms with E-state index in [1.54, 1.807) is 13.0 Å². The lowest BCUT2D eigenvalue weighted by atomic mass is 9.44. The van der Waals surface area contributed by atoms with Gasteiger partial charge in [0.2, 0.25) is 5.78 Å². The molecule has 5 nitrogen and oxygen atoms in total. The molecule has 6 heteroatoms. The lowest BCUT2D eigenvalue weighted by molar-refractivity contribution is -0.219. The number of ketones is 2. The van der Waals surface area contributed by atoms with Crippen molar-refractivity contribution in [1.29, 1.82) is 0 Å². The highest BCUT2D eigenvalue weighted by Gasteiger charge is 2.75. The van der Waals surface area contributed by atoms with Crippen LogP contribution in [0.5, 0.6) is 5.75 Å². The Hall–Kier alpha value is -2.31. The maximum atomic E-state index is 17.3. The van der Waals surface area contributed by atoms with Crippen LogP contribution < -0.4 is 4.74 Å². The standard InChI is InChI=1S/C32H39FO5/c1-19-15-25-24-12-11-21-16-22(34)13-14-29(21,2)31(24,33)27(35)17-30(25,3)32(19,37)28(36)18-38-26-10-6-8-20-7-4-5-9-23(20)26/h6,8,10,13-14,16,19,24-25,27,35,37H,4-5,7,9,11-12,15,17-18H2,1-3H3/t19-,24?,25?,27+,29?,30?,31+,32+/m1/s1. The molecule has 204 valence electrons. The van der Waals surface area contributed by atoms with Gasteiger partial charge in [-0.05, 0) is 99.5 Å². The number of aliphatic hydroxyl groups excluding tert-OH is 1. The summed E-state index contributed by atoms with van der Waals surface area (Å²) < 4.78 is 23.4. The quantitative estimate of drug-likeness (QED) is 0.590. The van der Waals surface area contributed by atoms with Gasteiger partial charge in [0, 0.05) is 16.7 Å². The van der Waals surface area contributed by atoms with Gasteiger partial charge in [0.1, 0.15) is 18.0 Å². The summed E-state index contributed by atoms with van der Waals surface area (Å²) in [5.41, 5.74) is -2.66. The van der Waals surface area contributed by atoms with E-state index in [-0.39, 0.29) is 24.7 Å². The van der Waals surface area contributed by atoms with Crippen LogP contribution in [0.1, 0.15) is 70.4 Å². The van der Waals surface area contributed by atoms with Crippen LogP contribution in [-0.4, -0.2) is 45.8 Å². The van der Waals surface area contributed by atoms with Crippen LogP contribution in [0.25, 0.3) is 0 Å². The van der Waals surface area contributed by atoms with E-state index in [0.29, 0.717) is 25.0 Å². The predicted molar refractivity (Wildman–Crippen MR) is 141 cm³/mol. The summed E-state index contributed by atoms with van der Waals surface area (Å²) in [5.74, 6) is -1.06. The smallest absolute Gasteiger partial charge is 0.202 e. The molecule has 8 atom stereocenters. The highest BCUT2D eigenvalue weighted by molar-refractivity contribution is 6.01. The third-order valence-corrected chi connectivity index (χ3v) is 11.4. The fourth-order valence-electron chi connectivity index (χ4n) is 9.28. The number of aliphatic hydroxyl groups is 2. The van der Waals surface area contributed by atoms with Gasteiger partial charge in [0.05, 0.1) is 6.10 Å². The fraction of sp³-hybridized carbons (Fsp3) is 0.625. The molecule has 2 N–H and O–H groups in total. The predicted octanol–water partition coefficient (Wildman–Crippen LogP) is 4.86. The second kappa shape index (κ2) is 8.59. The van der Waals surface area contributed by atoms with Crippen molar-refractivity contribution in [3.63, 3.8) is 0 Å². The zero-order valence-corrected chi connectivity index (χ0v) is 22.6. The van der Waals surface area contributed by atoms with Gasteiger partial charge in [-0.1, -0.05) is 37.6 Å². The number of fused-ring (bicyclic) bond motifs is 6. The number of ether oxygens (including phenoxy) is 1. The number of allylic oxidation sites excluding steroid dienone is 4. The molecule has 1 aromatic rings. The largest absolute Gasteiger partial charge is 0.485 e. The molecule has 5 aliphatic rings. The van der Waals surface area contributed by atoms with E-state index in [0.717, 1.165) is 36.8 Å². The first kappa shape index (κ1) is 25.9. The van der Waals surface area contributed by atoms with Crippen LogP contribution in [0.4, 0.5) is 4.39 Å². The number of carbonyl (C=O) groups excluding carboxylic acids is 2. The molecule has 1 aromatic carbocycles. The molecule has 3 saturated carbocycles. The Bertz CT molecular complexity index is 1250. The normalized spacial score (nSPS) is 43.4. The van der Waals surface area contributed by atoms with E-state index in [4.69, 9.17) is 4.74 Å². The summed E-state index contributed by atoms with van der Waals surface area (Å²) in [6, 6.07) is 5.95. The Morgan fingerprint density at radius 1 is 1.16 bits per heavy atom. The van der Waals surface area contributed by atoms with Crippen molar-refractivity contribution in [2.45, 2.75) is 89.5 Å². The van der Waals surface area contributed by atoms with E-state index < -0.39 is 45.8 Å². The van der Waals surface area contributed by atoms with E-state index in [9.17, 15) is 19.8 Å². The van der Waals surface area contributed by atoms with Gasteiger partial charge >= 0.3 is 0 Å². The minimum atomic E-state index is -1.98. The summed E-state index contributed by atoms with van der Waals surface area (Å²) in [5, 5.41) is 23.7. The summed E-state index contributed by atoms with van der Waals surface area (Å²) in [4.78, 5) is 25.9. The summed E-state index contributed by atoms with van der Waals surface area (Å²) in [6.07, 6.45) is 8.85. The molecule has 38 heavy (non-hydrogen) atoms. The Morgan fingerprint density at radius 2 is 1.92 bits per heavy atom. The zero-order chi connectivity index (χ0) is 27.1. The topological polar surface area (TPSA) is 83.8 Å². The molecule has 3 fully saturated rings. The third-order valence-electron chi connectivity index (χ3n) is 11.4. The van der Waals surface area contributed by atoms with Crippen LogP contribution in [-0.2, 0) is 22.4 Å². The van der Waals surface area contributed by atoms with Gasteiger partial charge in [0.25, 0.3) is 0 Å². The van der Waals surface area contributed by atoms with Crippen LogP contribution in [0.15, 0.2) is 42.0 Å². The van der Waals surface area contributed by atoms with Gasteiger partial charge < -0.3 is 14.9 Å². The highest BCUT2D eigenvalue weighted by Crippen LogP contribution is 2.70. The van der Waals surface area contributed by atoms with Crippen molar-refractivity contribution in [2.24, 2.45) is 28.6 Å². The maximum Gasteiger partial charge on any atom is 0.202 e. The molecule has 0 bridgehead atoms. The number of carbonyl (C=O) groups is 2. The average molecular weight is 523 g/mol. The molecule has 0 heterocycles. The molecule has 0 aromatic heterocycles. The van der Waals surface area contributed by atoms with E-state index >= 15 is 4.39 Å². The molecular formula is C32H39FO5. The minimum absolute atomic E-state index is 0.0252. The lowest BCUT2D eigenvalue weighted by Gasteiger charge is -2.62. The monoisotopic (exact) mass is 522 g/mol. The number of hydrogen-bond acceptors (Lipinski definition) is 5. The number of aryl methyl sites for hydroxylation is 1. The molecule has 4 unspecified atom stereocenters. The molecule has 0 aliphatic heterocycles. The van der Waals surface area contributed by atoms with Crippen molar-refractivity contribution >= 4 is 11.6 Å². The van der Waals surface area contributed by atoms with Crippen LogP contribution in [0.3, 0.4) is 0 Å². The first-order chi connectivity index (χ1) is 18.0. The lowest BCUT2D eigenvalue weighted by Crippen LogP contribution is -2.69.